The second-order valence-electron chi connectivity index (χ2n) is 5.10. The molecule has 0 unspecified atom stereocenters. The van der Waals surface area contributed by atoms with E-state index < -0.39 is 5.69 Å². The van der Waals surface area contributed by atoms with Crippen LogP contribution in [0.4, 0.5) is 0 Å². The molecule has 0 atom stereocenters. The fourth-order valence-corrected chi connectivity index (χ4v) is 2.91. The van der Waals surface area contributed by atoms with E-state index in [1.54, 1.807) is 12.1 Å². The second-order valence-corrected chi connectivity index (χ2v) is 5.10. The minimum Gasteiger partial charge on any atom is -0.506 e. The average molecular weight is 260 g/mol. The highest BCUT2D eigenvalue weighted by atomic mass is 16.3. The summed E-state index contributed by atoms with van der Waals surface area (Å²) >= 11 is 0. The van der Waals surface area contributed by atoms with Crippen LogP contribution in [0.1, 0.15) is 38.1 Å². The Morgan fingerprint density at radius 1 is 1.16 bits per heavy atom. The van der Waals surface area contributed by atoms with Crippen molar-refractivity contribution in [3.05, 3.63) is 39.0 Å². The maximum absolute atomic E-state index is 12.4. The molecule has 1 aromatic heterocycles. The molecule has 1 heterocycles. The molecule has 0 radical (unpaired) electrons. The van der Waals surface area contributed by atoms with E-state index in [2.05, 4.69) is 4.98 Å². The first-order chi connectivity index (χ1) is 9.18. The maximum Gasteiger partial charge on any atom is 0.329 e. The van der Waals surface area contributed by atoms with E-state index in [4.69, 9.17) is 0 Å². The van der Waals surface area contributed by atoms with Crippen molar-refractivity contribution in [2.24, 2.45) is 0 Å². The van der Waals surface area contributed by atoms with Crippen LogP contribution in [0.3, 0.4) is 0 Å². The van der Waals surface area contributed by atoms with Crippen LogP contribution in [0, 0.1) is 0 Å². The Morgan fingerprint density at radius 2 is 1.89 bits per heavy atom. The van der Waals surface area contributed by atoms with Crippen LogP contribution in [0.25, 0.3) is 10.9 Å². The zero-order valence-corrected chi connectivity index (χ0v) is 10.6. The molecule has 3 rings (SSSR count). The van der Waals surface area contributed by atoms with Gasteiger partial charge in [0.05, 0.1) is 10.9 Å². The van der Waals surface area contributed by atoms with Gasteiger partial charge in [0.2, 0.25) is 0 Å². The third-order valence-corrected chi connectivity index (χ3v) is 3.88. The van der Waals surface area contributed by atoms with Gasteiger partial charge in [0, 0.05) is 6.04 Å². The van der Waals surface area contributed by atoms with Crippen molar-refractivity contribution >= 4 is 10.9 Å². The molecule has 1 aliphatic rings. The SMILES string of the molecule is O=c1[nH]c2c(O)cccc2c(=O)n1C1CCCCC1. The maximum atomic E-state index is 12.4. The van der Waals surface area contributed by atoms with E-state index in [-0.39, 0.29) is 22.9 Å². The van der Waals surface area contributed by atoms with Gasteiger partial charge < -0.3 is 10.1 Å². The molecule has 0 spiro atoms. The second kappa shape index (κ2) is 4.57. The Kier molecular flexibility index (Phi) is 2.89. The first kappa shape index (κ1) is 12.0. The Morgan fingerprint density at radius 3 is 2.63 bits per heavy atom. The number of phenols is 1. The highest BCUT2D eigenvalue weighted by molar-refractivity contribution is 5.82. The number of benzene rings is 1. The number of aromatic amines is 1. The molecule has 5 heteroatoms. The molecule has 2 N–H and O–H groups in total. The lowest BCUT2D eigenvalue weighted by Crippen LogP contribution is -2.38. The normalized spacial score (nSPS) is 16.8. The molecule has 19 heavy (non-hydrogen) atoms. The van der Waals surface area contributed by atoms with Crippen molar-refractivity contribution < 1.29 is 5.11 Å². The largest absolute Gasteiger partial charge is 0.506 e. The molecule has 0 amide bonds. The van der Waals surface area contributed by atoms with Gasteiger partial charge >= 0.3 is 5.69 Å². The monoisotopic (exact) mass is 260 g/mol. The first-order valence-corrected chi connectivity index (χ1v) is 6.65. The molecule has 1 aromatic carbocycles. The highest BCUT2D eigenvalue weighted by Gasteiger charge is 2.20. The minimum atomic E-state index is -0.425. The first-order valence-electron chi connectivity index (χ1n) is 6.65. The smallest absolute Gasteiger partial charge is 0.329 e. The zero-order valence-electron chi connectivity index (χ0n) is 10.6. The molecule has 1 saturated carbocycles. The predicted molar refractivity (Wildman–Crippen MR) is 72.6 cm³/mol. The summed E-state index contributed by atoms with van der Waals surface area (Å²) < 4.78 is 1.32. The van der Waals surface area contributed by atoms with Gasteiger partial charge in [-0.05, 0) is 25.0 Å². The van der Waals surface area contributed by atoms with Gasteiger partial charge in [-0.2, -0.15) is 0 Å². The van der Waals surface area contributed by atoms with Crippen molar-refractivity contribution in [2.45, 2.75) is 38.1 Å². The lowest BCUT2D eigenvalue weighted by molar-refractivity contribution is 0.338. The van der Waals surface area contributed by atoms with Crippen molar-refractivity contribution in [3.8, 4) is 5.75 Å². The average Bonchev–Trinajstić information content (AvgIpc) is 2.41. The van der Waals surface area contributed by atoms with Crippen molar-refractivity contribution in [2.75, 3.05) is 0 Å². The van der Waals surface area contributed by atoms with Gasteiger partial charge in [-0.25, -0.2) is 4.79 Å². The number of para-hydroxylation sites is 1. The molecule has 1 fully saturated rings. The fraction of sp³-hybridized carbons (Fsp3) is 0.429. The van der Waals surface area contributed by atoms with Gasteiger partial charge in [-0.1, -0.05) is 25.3 Å². The summed E-state index contributed by atoms with van der Waals surface area (Å²) in [6, 6.07) is 4.69. The Balaban J connectivity index is 2.26. The standard InChI is InChI=1S/C14H16N2O3/c17-11-8-4-7-10-12(11)15-14(19)16(13(10)18)9-5-2-1-3-6-9/h4,7-9,17H,1-3,5-6H2,(H,15,19). The molecule has 2 aromatic rings. The molecular formula is C14H16N2O3. The molecule has 5 nitrogen and oxygen atoms in total. The summed E-state index contributed by atoms with van der Waals surface area (Å²) in [6.45, 7) is 0. The van der Waals surface area contributed by atoms with E-state index in [1.165, 1.54) is 10.6 Å². The molecule has 100 valence electrons. The summed E-state index contributed by atoms with van der Waals surface area (Å²) in [5, 5.41) is 10.1. The van der Waals surface area contributed by atoms with Crippen LogP contribution >= 0.6 is 0 Å². The number of nitrogens with zero attached hydrogens (tertiary/aromatic N) is 1. The van der Waals surface area contributed by atoms with Crippen molar-refractivity contribution in [3.63, 3.8) is 0 Å². The van der Waals surface area contributed by atoms with Crippen molar-refractivity contribution in [1.82, 2.24) is 9.55 Å². The molecule has 0 aliphatic heterocycles. The lowest BCUT2D eigenvalue weighted by atomic mass is 9.95. The van der Waals surface area contributed by atoms with Crippen LogP contribution in [-0.4, -0.2) is 14.7 Å². The van der Waals surface area contributed by atoms with Crippen LogP contribution in [0.15, 0.2) is 27.8 Å². The van der Waals surface area contributed by atoms with Crippen LogP contribution in [-0.2, 0) is 0 Å². The number of fused-ring (bicyclic) bond motifs is 1. The van der Waals surface area contributed by atoms with E-state index in [0.717, 1.165) is 32.1 Å². The third-order valence-electron chi connectivity index (χ3n) is 3.88. The third kappa shape index (κ3) is 1.95. The topological polar surface area (TPSA) is 75.1 Å². The van der Waals surface area contributed by atoms with Crippen LogP contribution in [0.2, 0.25) is 0 Å². The quantitative estimate of drug-likeness (QED) is 0.822. The van der Waals surface area contributed by atoms with Crippen molar-refractivity contribution in [1.29, 1.82) is 0 Å². The molecule has 1 aliphatic carbocycles. The predicted octanol–water partition coefficient (Wildman–Crippen LogP) is 1.90. The Bertz CT molecular complexity index is 724. The van der Waals surface area contributed by atoms with Crippen LogP contribution < -0.4 is 11.2 Å². The van der Waals surface area contributed by atoms with E-state index in [9.17, 15) is 14.7 Å². The van der Waals surface area contributed by atoms with Gasteiger partial charge in [0.25, 0.3) is 5.56 Å². The number of H-pyrrole nitrogens is 1. The summed E-state index contributed by atoms with van der Waals surface area (Å²) in [5.74, 6) is -0.0671. The van der Waals surface area contributed by atoms with Crippen LogP contribution in [0.5, 0.6) is 5.75 Å². The number of rotatable bonds is 1. The summed E-state index contributed by atoms with van der Waals surface area (Å²) in [4.78, 5) is 27.2. The summed E-state index contributed by atoms with van der Waals surface area (Å²) in [5.41, 5.74) is -0.503. The number of nitrogens with one attached hydrogen (secondary N) is 1. The van der Waals surface area contributed by atoms with E-state index >= 15 is 0 Å². The van der Waals surface area contributed by atoms with E-state index in [0.29, 0.717) is 5.39 Å². The number of hydrogen-bond donors (Lipinski definition) is 2. The fourth-order valence-electron chi connectivity index (χ4n) is 2.91. The van der Waals surface area contributed by atoms with E-state index in [1.807, 2.05) is 0 Å². The summed E-state index contributed by atoms with van der Waals surface area (Å²) in [7, 11) is 0. The molecule has 0 bridgehead atoms. The Labute approximate surface area is 109 Å². The highest BCUT2D eigenvalue weighted by Crippen LogP contribution is 2.26. The Hall–Kier alpha value is -2.04. The molecular weight excluding hydrogens is 244 g/mol. The number of hydrogen-bond acceptors (Lipinski definition) is 3. The van der Waals surface area contributed by atoms with Gasteiger partial charge in [-0.3, -0.25) is 9.36 Å². The molecule has 0 saturated heterocycles. The van der Waals surface area contributed by atoms with Gasteiger partial charge in [-0.15, -0.1) is 0 Å². The van der Waals surface area contributed by atoms with Gasteiger partial charge in [0.1, 0.15) is 5.75 Å². The lowest BCUT2D eigenvalue weighted by Gasteiger charge is -2.23. The number of aromatic hydroxyl groups is 1. The number of phenolic OH excluding ortho intramolecular Hbond substituents is 1. The zero-order chi connectivity index (χ0) is 13.4. The summed E-state index contributed by atoms with van der Waals surface area (Å²) in [6.07, 6.45) is 5.00. The minimum absolute atomic E-state index is 0.0169. The number of aromatic nitrogens is 2. The van der Waals surface area contributed by atoms with Gasteiger partial charge in [0.15, 0.2) is 0 Å².